The van der Waals surface area contributed by atoms with Crippen LogP contribution in [0.15, 0.2) is 24.5 Å². The second kappa shape index (κ2) is 2.44. The van der Waals surface area contributed by atoms with Crippen LogP contribution in [-0.2, 0) is 6.54 Å². The molecule has 0 aromatic carbocycles. The van der Waals surface area contributed by atoms with Gasteiger partial charge >= 0.3 is 0 Å². The molecule has 9 heavy (non-hydrogen) atoms. The highest BCUT2D eigenvalue weighted by atomic mass is 15.4. The van der Waals surface area contributed by atoms with Gasteiger partial charge in [-0.15, -0.1) is 5.10 Å². The lowest BCUT2D eigenvalue weighted by Crippen LogP contribution is -1.98. The molecule has 0 saturated heterocycles. The van der Waals surface area contributed by atoms with E-state index in [-0.39, 0.29) is 0 Å². The summed E-state index contributed by atoms with van der Waals surface area (Å²) in [5.41, 5.74) is 1.08. The van der Waals surface area contributed by atoms with E-state index in [2.05, 4.69) is 16.9 Å². The molecule has 0 spiro atoms. The third-order valence-corrected chi connectivity index (χ3v) is 0.904. The first-order valence-corrected chi connectivity index (χ1v) is 2.77. The molecule has 0 amide bonds. The number of rotatable bonds is 2. The number of allylic oxidation sites excluding steroid dienone is 1. The lowest BCUT2D eigenvalue weighted by Gasteiger charge is -1.95. The number of nitrogens with zero attached hydrogens (tertiary/aromatic N) is 3. The van der Waals surface area contributed by atoms with Crippen LogP contribution in [0.3, 0.4) is 0 Å². The van der Waals surface area contributed by atoms with Crippen LogP contribution < -0.4 is 0 Å². The normalized spacial score (nSPS) is 9.44. The first-order chi connectivity index (χ1) is 4.29. The molecule has 0 bridgehead atoms. The van der Waals surface area contributed by atoms with E-state index in [9.17, 15) is 0 Å². The van der Waals surface area contributed by atoms with E-state index in [1.807, 2.05) is 13.1 Å². The Morgan fingerprint density at radius 1 is 1.78 bits per heavy atom. The van der Waals surface area contributed by atoms with Crippen molar-refractivity contribution in [2.45, 2.75) is 13.5 Å². The molecule has 48 valence electrons. The van der Waals surface area contributed by atoms with Gasteiger partial charge in [0.2, 0.25) is 0 Å². The fraction of sp³-hybridized carbons (Fsp3) is 0.333. The van der Waals surface area contributed by atoms with E-state index in [1.165, 1.54) is 0 Å². The molecule has 3 nitrogen and oxygen atoms in total. The predicted octanol–water partition coefficient (Wildman–Crippen LogP) is 0.854. The molecule has 1 heterocycles. The average molecular weight is 123 g/mol. The monoisotopic (exact) mass is 123 g/mol. The van der Waals surface area contributed by atoms with Crippen LogP contribution in [0.4, 0.5) is 0 Å². The Balaban J connectivity index is 2.58. The van der Waals surface area contributed by atoms with Crippen LogP contribution in [0, 0.1) is 0 Å². The summed E-state index contributed by atoms with van der Waals surface area (Å²) in [6.07, 6.45) is 3.47. The largest absolute Gasteiger partial charge is 0.249 e. The smallest absolute Gasteiger partial charge is 0.0693 e. The fourth-order valence-electron chi connectivity index (χ4n) is 0.594. The van der Waals surface area contributed by atoms with Gasteiger partial charge in [0, 0.05) is 6.20 Å². The van der Waals surface area contributed by atoms with Crippen LogP contribution in [-0.4, -0.2) is 15.0 Å². The van der Waals surface area contributed by atoms with Crippen molar-refractivity contribution >= 4 is 0 Å². The van der Waals surface area contributed by atoms with Gasteiger partial charge in [-0.25, -0.2) is 4.68 Å². The van der Waals surface area contributed by atoms with E-state index >= 15 is 0 Å². The van der Waals surface area contributed by atoms with Crippen molar-refractivity contribution in [3.63, 3.8) is 0 Å². The van der Waals surface area contributed by atoms with Gasteiger partial charge in [-0.05, 0) is 6.92 Å². The van der Waals surface area contributed by atoms with E-state index in [0.717, 1.165) is 12.1 Å². The highest BCUT2D eigenvalue weighted by Crippen LogP contribution is 1.90. The van der Waals surface area contributed by atoms with Crippen LogP contribution in [0.5, 0.6) is 0 Å². The molecule has 1 aromatic rings. The van der Waals surface area contributed by atoms with E-state index in [4.69, 9.17) is 0 Å². The van der Waals surface area contributed by atoms with E-state index in [0.29, 0.717) is 0 Å². The second-order valence-electron chi connectivity index (χ2n) is 2.06. The Morgan fingerprint density at radius 3 is 3.00 bits per heavy atom. The molecule has 3 heteroatoms. The molecule has 0 N–H and O–H groups in total. The van der Waals surface area contributed by atoms with Gasteiger partial charge in [-0.2, -0.15) is 0 Å². The lowest BCUT2D eigenvalue weighted by atomic mass is 10.4. The Morgan fingerprint density at radius 2 is 2.56 bits per heavy atom. The lowest BCUT2D eigenvalue weighted by molar-refractivity contribution is 0.643. The van der Waals surface area contributed by atoms with Crippen molar-refractivity contribution in [2.24, 2.45) is 0 Å². The van der Waals surface area contributed by atoms with Crippen molar-refractivity contribution in [1.82, 2.24) is 15.0 Å². The quantitative estimate of drug-likeness (QED) is 0.546. The summed E-state index contributed by atoms with van der Waals surface area (Å²) >= 11 is 0. The molecule has 1 aromatic heterocycles. The Bertz CT molecular complexity index is 188. The zero-order valence-electron chi connectivity index (χ0n) is 5.41. The Hall–Kier alpha value is -1.12. The van der Waals surface area contributed by atoms with Crippen LogP contribution >= 0.6 is 0 Å². The van der Waals surface area contributed by atoms with Crippen molar-refractivity contribution < 1.29 is 0 Å². The minimum Gasteiger partial charge on any atom is -0.249 e. The first-order valence-electron chi connectivity index (χ1n) is 2.77. The van der Waals surface area contributed by atoms with Crippen LogP contribution in [0.25, 0.3) is 0 Å². The summed E-state index contributed by atoms with van der Waals surface area (Å²) in [5.74, 6) is 0. The maximum Gasteiger partial charge on any atom is 0.0693 e. The maximum atomic E-state index is 3.76. The van der Waals surface area contributed by atoms with E-state index < -0.39 is 0 Å². The van der Waals surface area contributed by atoms with Crippen molar-refractivity contribution in [3.05, 3.63) is 24.5 Å². The minimum absolute atomic E-state index is 0.764. The van der Waals surface area contributed by atoms with Crippen molar-refractivity contribution in [1.29, 1.82) is 0 Å². The SMILES string of the molecule is C=C(C)Cn1ccnn1. The summed E-state index contributed by atoms with van der Waals surface area (Å²) in [6, 6.07) is 0. The molecule has 0 saturated carbocycles. The highest BCUT2D eigenvalue weighted by molar-refractivity contribution is 4.87. The molecule has 0 atom stereocenters. The molecular formula is C6H9N3. The summed E-state index contributed by atoms with van der Waals surface area (Å²) in [5, 5.41) is 7.41. The average Bonchev–Trinajstić information content (AvgIpc) is 2.15. The van der Waals surface area contributed by atoms with Crippen LogP contribution in [0.2, 0.25) is 0 Å². The van der Waals surface area contributed by atoms with Gasteiger partial charge in [0.15, 0.2) is 0 Å². The number of hydrogen-bond donors (Lipinski definition) is 0. The van der Waals surface area contributed by atoms with E-state index in [1.54, 1.807) is 10.9 Å². The van der Waals surface area contributed by atoms with Gasteiger partial charge < -0.3 is 0 Å². The third-order valence-electron chi connectivity index (χ3n) is 0.904. The number of hydrogen-bond acceptors (Lipinski definition) is 2. The van der Waals surface area contributed by atoms with Gasteiger partial charge in [-0.3, -0.25) is 0 Å². The van der Waals surface area contributed by atoms with Gasteiger partial charge in [0.05, 0.1) is 12.7 Å². The summed E-state index contributed by atoms with van der Waals surface area (Å²) < 4.78 is 1.74. The summed E-state index contributed by atoms with van der Waals surface area (Å²) in [7, 11) is 0. The Kier molecular flexibility index (Phi) is 1.63. The molecular weight excluding hydrogens is 114 g/mol. The molecule has 0 fully saturated rings. The summed E-state index contributed by atoms with van der Waals surface area (Å²) in [6.45, 7) is 6.47. The number of aromatic nitrogens is 3. The standard InChI is InChI=1S/C6H9N3/c1-6(2)5-9-4-3-7-8-9/h3-4H,1,5H2,2H3. The first kappa shape index (κ1) is 6.01. The van der Waals surface area contributed by atoms with Crippen molar-refractivity contribution in [2.75, 3.05) is 0 Å². The second-order valence-corrected chi connectivity index (χ2v) is 2.06. The summed E-state index contributed by atoms with van der Waals surface area (Å²) in [4.78, 5) is 0. The van der Waals surface area contributed by atoms with Gasteiger partial charge in [-0.1, -0.05) is 17.4 Å². The molecule has 0 unspecified atom stereocenters. The molecule has 0 aliphatic heterocycles. The Labute approximate surface area is 54.0 Å². The zero-order chi connectivity index (χ0) is 6.69. The predicted molar refractivity (Wildman–Crippen MR) is 34.8 cm³/mol. The molecule has 1 rings (SSSR count). The van der Waals surface area contributed by atoms with Crippen molar-refractivity contribution in [3.8, 4) is 0 Å². The zero-order valence-corrected chi connectivity index (χ0v) is 5.41. The third kappa shape index (κ3) is 1.68. The highest BCUT2D eigenvalue weighted by Gasteiger charge is 1.88. The fourth-order valence-corrected chi connectivity index (χ4v) is 0.594. The molecule has 0 aliphatic carbocycles. The minimum atomic E-state index is 0.764. The van der Waals surface area contributed by atoms with Gasteiger partial charge in [0.1, 0.15) is 0 Å². The molecule has 0 radical (unpaired) electrons. The topological polar surface area (TPSA) is 30.7 Å². The van der Waals surface area contributed by atoms with Crippen LogP contribution in [0.1, 0.15) is 6.92 Å². The molecule has 0 aliphatic rings. The maximum absolute atomic E-state index is 3.76. The van der Waals surface area contributed by atoms with Gasteiger partial charge in [0.25, 0.3) is 0 Å².